The van der Waals surface area contributed by atoms with E-state index in [0.29, 0.717) is 117 Å². The Morgan fingerprint density at radius 1 is 0.599 bits per heavy atom. The van der Waals surface area contributed by atoms with Crippen LogP contribution in [0.3, 0.4) is 0 Å². The summed E-state index contributed by atoms with van der Waals surface area (Å²) in [5, 5.41) is 19.6. The molecule has 17 heterocycles. The van der Waals surface area contributed by atoms with E-state index in [1.54, 1.807) is 60.3 Å². The fourth-order valence-electron chi connectivity index (χ4n) is 14.0. The number of pyridine rings is 2. The summed E-state index contributed by atoms with van der Waals surface area (Å²) >= 11 is 15.2. The van der Waals surface area contributed by atoms with E-state index in [1.807, 2.05) is 26.8 Å². The van der Waals surface area contributed by atoms with Crippen LogP contribution in [-0.2, 0) is 31.6 Å². The summed E-state index contributed by atoms with van der Waals surface area (Å²) in [5.41, 5.74) is 22.0. The second kappa shape index (κ2) is 42.2. The van der Waals surface area contributed by atoms with E-state index in [1.165, 1.54) is 64.4 Å². The van der Waals surface area contributed by atoms with Gasteiger partial charge in [-0.15, -0.1) is 6.58 Å². The Kier molecular flexibility index (Phi) is 30.1. The number of nitrogens with zero attached hydrogens (tertiary/aromatic N) is 20. The average Bonchev–Trinajstić information content (AvgIpc) is 1.64. The van der Waals surface area contributed by atoms with Crippen molar-refractivity contribution in [2.45, 2.75) is 96.6 Å². The highest BCUT2D eigenvalue weighted by Crippen LogP contribution is 2.47. The molecule has 0 bridgehead atoms. The second-order valence-corrected chi connectivity index (χ2v) is 38.6. The molecule has 708 valence electrons. The number of nitrogens with one attached hydrogen (secondary N) is 8. The molecule has 1 fully saturated rings. The first kappa shape index (κ1) is 97.7. The van der Waals surface area contributed by atoms with E-state index in [-0.39, 0.29) is 120 Å². The SMILES string of the molecule is C=CC(C)N=C(N)c1c(Nc2ncc(C(=O)n3ccc4nccnc43)s2)s[nH]c1=O.CC(C)N=C(N)c1c(Nc2ncc(C(=O)N3CCc4nccnc43)s2)s[nH]c1=O.NC(=NCCc1ccon1)c1c(Nc2ncc(C(=O)n3ccc4c(Br)c(Br)cnc43)s2)s[nH]c1=O.[C-]#[N+]c1nc(Nc2s[nH]c(=O)c2C(N)=NCCC2CCCC2)sc1C(=O)N1CCc2c1ncc(C(F)(F)F)c2C(F)(F)F. The summed E-state index contributed by atoms with van der Waals surface area (Å²) in [4.78, 5) is 167. The monoisotopic (exact) mass is 2150 g/mol. The van der Waals surface area contributed by atoms with Crippen molar-refractivity contribution in [1.29, 1.82) is 0 Å². The number of alkyl halides is 6. The molecule has 41 nitrogen and oxygen atoms in total. The van der Waals surface area contributed by atoms with E-state index >= 15 is 0 Å². The van der Waals surface area contributed by atoms with Gasteiger partial charge in [-0.25, -0.2) is 34.9 Å². The molecule has 3 aliphatic rings. The zero-order valence-corrected chi connectivity index (χ0v) is 80.6. The molecule has 2 amide bonds. The molecule has 1 saturated carbocycles. The minimum absolute atomic E-state index is 0.000279. The molecule has 0 saturated heterocycles. The lowest BCUT2D eigenvalue weighted by Gasteiger charge is -2.20. The first-order chi connectivity index (χ1) is 65.6. The minimum atomic E-state index is -5.35. The van der Waals surface area contributed by atoms with E-state index < -0.39 is 58.6 Å². The zero-order valence-electron chi connectivity index (χ0n) is 70.9. The number of amides is 2. The maximum Gasteiger partial charge on any atom is 0.418 e. The summed E-state index contributed by atoms with van der Waals surface area (Å²) in [6, 6.07) is 4.99. The zero-order chi connectivity index (χ0) is 97.4. The number of thiazole rings is 4. The van der Waals surface area contributed by atoms with Gasteiger partial charge in [0.05, 0.1) is 51.6 Å². The highest BCUT2D eigenvalue weighted by molar-refractivity contribution is 9.13. The third-order valence-electron chi connectivity index (χ3n) is 20.3. The van der Waals surface area contributed by atoms with Crippen molar-refractivity contribution >= 4 is 250 Å². The fraction of sp³-hybridized carbons (Fsp3) is 0.250. The van der Waals surface area contributed by atoms with Gasteiger partial charge in [0.25, 0.3) is 56.8 Å². The van der Waals surface area contributed by atoms with Gasteiger partial charge in [-0.1, -0.05) is 93.8 Å². The molecule has 18 rings (SSSR count). The topological polar surface area (TPSA) is 577 Å². The smallest absolute Gasteiger partial charge is 0.383 e. The maximum atomic E-state index is 13.7. The van der Waals surface area contributed by atoms with Crippen molar-refractivity contribution in [3.05, 3.63) is 237 Å². The number of fused-ring (bicyclic) bond motifs is 4. The molecular weight excluding hydrogens is 2080 g/mol. The molecule has 0 spiro atoms. The van der Waals surface area contributed by atoms with Crippen LogP contribution in [-0.4, -0.2) is 167 Å². The highest BCUT2D eigenvalue weighted by atomic mass is 79.9. The van der Waals surface area contributed by atoms with Crippen LogP contribution in [0.25, 0.3) is 27.0 Å². The van der Waals surface area contributed by atoms with Crippen molar-refractivity contribution in [1.82, 2.24) is 81.6 Å². The van der Waals surface area contributed by atoms with Crippen molar-refractivity contribution in [3.63, 3.8) is 0 Å². The number of halogens is 8. The Morgan fingerprint density at radius 3 is 1.67 bits per heavy atom. The van der Waals surface area contributed by atoms with Gasteiger partial charge in [0.15, 0.2) is 26.9 Å². The number of carbonyl (C=O) groups excluding carboxylic acids is 4. The number of aliphatic imine (C=N–C) groups is 4. The second-order valence-electron chi connectivity index (χ2n) is 29.6. The Labute approximate surface area is 815 Å². The number of anilines is 10. The van der Waals surface area contributed by atoms with Crippen LogP contribution in [0.5, 0.6) is 0 Å². The Hall–Kier alpha value is -13.9. The van der Waals surface area contributed by atoms with Gasteiger partial charge in [-0.3, -0.25) is 105 Å². The van der Waals surface area contributed by atoms with E-state index in [2.05, 4.69) is 157 Å². The first-order valence-corrected chi connectivity index (χ1v) is 48.5. The van der Waals surface area contributed by atoms with Crippen LogP contribution in [0.1, 0.15) is 142 Å². The Bertz CT molecular complexity index is 7520. The highest BCUT2D eigenvalue weighted by Gasteiger charge is 2.49. The summed E-state index contributed by atoms with van der Waals surface area (Å²) in [6.07, 6.45) is 14.3. The number of H-pyrrole nitrogens is 4. The molecule has 15 aromatic heterocycles. The van der Waals surface area contributed by atoms with Crippen LogP contribution in [0.2, 0.25) is 0 Å². The predicted molar refractivity (Wildman–Crippen MR) is 521 cm³/mol. The minimum Gasteiger partial charge on any atom is -0.383 e. The molecule has 0 aromatic carbocycles. The third-order valence-corrected chi connectivity index (χ3v) is 29.1. The lowest BCUT2D eigenvalue weighted by molar-refractivity contribution is -0.162. The molecule has 137 heavy (non-hydrogen) atoms. The lowest BCUT2D eigenvalue weighted by Crippen LogP contribution is -2.29. The largest absolute Gasteiger partial charge is 0.418 e. The van der Waals surface area contributed by atoms with Gasteiger partial charge in [-0.2, -0.15) is 26.3 Å². The normalized spacial score (nSPS) is 13.8. The number of carbonyl (C=O) groups is 4. The van der Waals surface area contributed by atoms with Gasteiger partial charge in [0.1, 0.15) is 108 Å². The number of aromatic amines is 4. The van der Waals surface area contributed by atoms with E-state index in [4.69, 9.17) is 34.0 Å². The van der Waals surface area contributed by atoms with Crippen LogP contribution < -0.4 is 76.2 Å². The van der Waals surface area contributed by atoms with E-state index in [9.17, 15) is 64.7 Å². The number of nitrogens with two attached hydrogens (primary N) is 4. The first-order valence-electron chi connectivity index (χ1n) is 40.4. The number of rotatable bonds is 25. The molecule has 2 aliphatic heterocycles. The van der Waals surface area contributed by atoms with Crippen molar-refractivity contribution < 1.29 is 50.0 Å². The number of hydrogen-bond acceptors (Lipinski definition) is 36. The van der Waals surface area contributed by atoms with Gasteiger partial charge in [0.2, 0.25) is 0 Å². The predicted octanol–water partition coefficient (Wildman–Crippen LogP) is 14.3. The van der Waals surface area contributed by atoms with Gasteiger partial charge < -0.3 is 53.6 Å². The van der Waals surface area contributed by atoms with Crippen molar-refractivity contribution in [3.8, 4) is 0 Å². The number of amidine groups is 4. The molecule has 0 radical (unpaired) electrons. The van der Waals surface area contributed by atoms with Crippen LogP contribution in [0.4, 0.5) is 84.3 Å². The molecule has 16 N–H and O–H groups in total. The lowest BCUT2D eigenvalue weighted by atomic mass is 10.0. The van der Waals surface area contributed by atoms with Crippen molar-refractivity contribution in [2.24, 2.45) is 48.8 Å². The van der Waals surface area contributed by atoms with Gasteiger partial charge in [0, 0.05) is 116 Å². The third kappa shape index (κ3) is 22.0. The fourth-order valence-corrected chi connectivity index (χ4v) is 21.1. The summed E-state index contributed by atoms with van der Waals surface area (Å²) in [7, 11) is 0. The Morgan fingerprint density at radius 2 is 1.12 bits per heavy atom. The molecule has 1 atom stereocenters. The molecule has 15 aromatic rings. The molecule has 1 unspecified atom stereocenters. The number of hydrogen-bond donors (Lipinski definition) is 12. The average molecular weight is 2150 g/mol. The van der Waals surface area contributed by atoms with E-state index in [0.717, 1.165) is 119 Å². The van der Waals surface area contributed by atoms with Gasteiger partial charge >= 0.3 is 12.4 Å². The summed E-state index contributed by atoms with van der Waals surface area (Å²) in [5.74, 6) is -1.15. The molecule has 1 aliphatic carbocycles. The summed E-state index contributed by atoms with van der Waals surface area (Å²) < 4.78 is 101. The van der Waals surface area contributed by atoms with Crippen molar-refractivity contribution in [2.75, 3.05) is 57.2 Å². The summed E-state index contributed by atoms with van der Waals surface area (Å²) in [6.45, 7) is 17.6. The molecular formula is C80H70Br2F6N32O9S8. The van der Waals surface area contributed by atoms with Gasteiger partial charge in [-0.05, 0) is 130 Å². The molecule has 57 heteroatoms. The Balaban J connectivity index is 0.000000140. The van der Waals surface area contributed by atoms with Crippen LogP contribution in [0, 0.1) is 12.5 Å². The number of aromatic nitrogens is 17. The standard InChI is InChI=1S/C25H22F6N8O2S2.C20H14Br2N8O3S2.C18H16N8O2S2.C17H18N8O2S2/c1-33-18-16(22(41)39-9-7-12-15(25(29,30)31)13(24(26,27)28)10-35-19(12)39)42-23(36-18)37-21-14(20(40)38-43-21)17(32)34-8-6-11-4-2-3-5-11;21-11-7-25-16-10(14(11)22)2-5-30(16)19(32)12-8-26-20(34-12)27-18-13(17(31)29-35-18)15(23)24-4-1-9-3-6-33-28-9;1-3-9(2)23-13(19)12-15(27)25-30-16(12)24-18-22-8-11(29-18)17(28)26-7-4-10-14(26)21-6-5-20-10;1-8(2)22-12(18)11-14(26)24-29-15(11)23-17-21-7-10(28-17)16(27)25-6-3-9-13(25)20-5-4-19-9/h10-11H,2-9H2,(H2,32,34)(H,36,37)(H,38,40);2-3,5-8H,1,4H2,(H2,23,24)(H,26,27)(H,29,31);3-9H,1H2,2H3,(H2,19,23)(H,22,24)(H,25,27);4-5,7-8H,3,6H2,1-2H3,(H2,18,22)(H,21,23)(H,24,26). The van der Waals surface area contributed by atoms with Crippen LogP contribution >= 0.6 is 123 Å². The quantitative estimate of drug-likeness (QED) is 0.00831. The van der Waals surface area contributed by atoms with Crippen LogP contribution in [0.15, 0.2) is 158 Å². The maximum absolute atomic E-state index is 13.7.